The Morgan fingerprint density at radius 1 is 1.23 bits per heavy atom. The molecular weight excluding hydrogens is 324 g/mol. The van der Waals surface area contributed by atoms with Crippen LogP contribution < -0.4 is 10.6 Å². The highest BCUT2D eigenvalue weighted by atomic mass is 15.3. The molecule has 0 fully saturated rings. The summed E-state index contributed by atoms with van der Waals surface area (Å²) in [6.45, 7) is 7.84. The molecule has 0 saturated heterocycles. The summed E-state index contributed by atoms with van der Waals surface area (Å²) < 4.78 is 1.94. The van der Waals surface area contributed by atoms with Crippen LogP contribution in [-0.4, -0.2) is 53.9 Å². The maximum atomic E-state index is 4.33. The predicted molar refractivity (Wildman–Crippen MR) is 108 cm³/mol. The van der Waals surface area contributed by atoms with Crippen LogP contribution in [0.2, 0.25) is 0 Å². The van der Waals surface area contributed by atoms with E-state index in [0.29, 0.717) is 6.04 Å². The molecule has 0 amide bonds. The van der Waals surface area contributed by atoms with Gasteiger partial charge in [-0.25, -0.2) is 0 Å². The predicted octanol–water partition coefficient (Wildman–Crippen LogP) is 2.33. The third kappa shape index (κ3) is 6.19. The summed E-state index contributed by atoms with van der Waals surface area (Å²) in [5, 5.41) is 11.1. The third-order valence-electron chi connectivity index (χ3n) is 4.78. The molecule has 0 aliphatic carbocycles. The van der Waals surface area contributed by atoms with Gasteiger partial charge in [-0.15, -0.1) is 0 Å². The Bertz CT molecular complexity index is 665. The molecular formula is C20H32N6. The number of likely N-dealkylation sites (N-methyl/N-ethyl adjacent to an activating group) is 1. The van der Waals surface area contributed by atoms with Gasteiger partial charge in [0, 0.05) is 45.1 Å². The highest BCUT2D eigenvalue weighted by Gasteiger charge is 2.07. The lowest BCUT2D eigenvalue weighted by atomic mass is 10.1. The molecule has 1 aromatic carbocycles. The third-order valence-corrected chi connectivity index (χ3v) is 4.78. The average molecular weight is 357 g/mol. The van der Waals surface area contributed by atoms with E-state index >= 15 is 0 Å². The summed E-state index contributed by atoms with van der Waals surface area (Å²) >= 11 is 0. The molecule has 1 atom stereocenters. The van der Waals surface area contributed by atoms with Crippen LogP contribution in [0.5, 0.6) is 0 Å². The molecule has 1 heterocycles. The molecule has 0 aliphatic rings. The quantitative estimate of drug-likeness (QED) is 0.535. The van der Waals surface area contributed by atoms with Gasteiger partial charge in [-0.2, -0.15) is 5.10 Å². The van der Waals surface area contributed by atoms with Gasteiger partial charge < -0.3 is 15.5 Å². The fraction of sp³-hybridized carbons (Fsp3) is 0.500. The topological polar surface area (TPSA) is 57.5 Å². The molecule has 26 heavy (non-hydrogen) atoms. The van der Waals surface area contributed by atoms with E-state index in [-0.39, 0.29) is 0 Å². The monoisotopic (exact) mass is 356 g/mol. The summed E-state index contributed by atoms with van der Waals surface area (Å²) in [6, 6.07) is 11.0. The number of rotatable bonds is 9. The molecule has 2 rings (SSSR count). The lowest BCUT2D eigenvalue weighted by Crippen LogP contribution is -2.42. The van der Waals surface area contributed by atoms with Crippen LogP contribution in [-0.2, 0) is 13.1 Å². The molecule has 6 nitrogen and oxygen atoms in total. The van der Waals surface area contributed by atoms with Crippen LogP contribution in [0.1, 0.15) is 31.4 Å². The molecule has 6 heteroatoms. The Morgan fingerprint density at radius 2 is 2.00 bits per heavy atom. The van der Waals surface area contributed by atoms with Crippen LogP contribution in [0, 0.1) is 0 Å². The van der Waals surface area contributed by atoms with E-state index in [1.54, 1.807) is 0 Å². The molecule has 0 saturated carbocycles. The van der Waals surface area contributed by atoms with E-state index in [1.165, 1.54) is 11.1 Å². The second kappa shape index (κ2) is 10.6. The number of nitrogens with zero attached hydrogens (tertiary/aromatic N) is 4. The minimum absolute atomic E-state index is 0.598. The first-order chi connectivity index (χ1) is 12.6. The van der Waals surface area contributed by atoms with E-state index in [2.05, 4.69) is 70.8 Å². The molecule has 142 valence electrons. The van der Waals surface area contributed by atoms with Crippen LogP contribution in [0.4, 0.5) is 0 Å². The van der Waals surface area contributed by atoms with Crippen LogP contribution in [0.3, 0.4) is 0 Å². The molecule has 0 bridgehead atoms. The number of hydrogen-bond donors (Lipinski definition) is 2. The van der Waals surface area contributed by atoms with E-state index in [4.69, 9.17) is 0 Å². The van der Waals surface area contributed by atoms with Gasteiger partial charge in [0.2, 0.25) is 0 Å². The maximum absolute atomic E-state index is 4.33. The van der Waals surface area contributed by atoms with Gasteiger partial charge in [-0.1, -0.05) is 31.2 Å². The SMILES string of the molecule is CCC(C)N(C)CCNC(=NC)NCc1ccccc1Cn1cccn1. The van der Waals surface area contributed by atoms with Gasteiger partial charge >= 0.3 is 0 Å². The van der Waals surface area contributed by atoms with E-state index in [1.807, 2.05) is 30.2 Å². The van der Waals surface area contributed by atoms with Gasteiger partial charge in [0.1, 0.15) is 0 Å². The number of benzene rings is 1. The van der Waals surface area contributed by atoms with Crippen molar-refractivity contribution in [1.82, 2.24) is 25.3 Å². The molecule has 0 spiro atoms. The summed E-state index contributed by atoms with van der Waals surface area (Å²) in [5.41, 5.74) is 2.51. The smallest absolute Gasteiger partial charge is 0.191 e. The van der Waals surface area contributed by atoms with Crippen molar-refractivity contribution in [1.29, 1.82) is 0 Å². The van der Waals surface area contributed by atoms with Crippen molar-refractivity contribution in [3.05, 3.63) is 53.9 Å². The van der Waals surface area contributed by atoms with E-state index in [9.17, 15) is 0 Å². The Kier molecular flexibility index (Phi) is 8.15. The number of nitrogens with one attached hydrogen (secondary N) is 2. The molecule has 1 aromatic heterocycles. The highest BCUT2D eigenvalue weighted by Crippen LogP contribution is 2.10. The van der Waals surface area contributed by atoms with Crippen LogP contribution in [0.15, 0.2) is 47.7 Å². The van der Waals surface area contributed by atoms with Crippen molar-refractivity contribution in [2.75, 3.05) is 27.2 Å². The van der Waals surface area contributed by atoms with Crippen LogP contribution >= 0.6 is 0 Å². The maximum Gasteiger partial charge on any atom is 0.191 e. The molecule has 1 unspecified atom stereocenters. The molecule has 0 aliphatic heterocycles. The Labute approximate surface area is 157 Å². The largest absolute Gasteiger partial charge is 0.355 e. The Balaban J connectivity index is 1.85. The van der Waals surface area contributed by atoms with Crippen molar-refractivity contribution < 1.29 is 0 Å². The normalized spacial score (nSPS) is 13.0. The minimum atomic E-state index is 0.598. The summed E-state index contributed by atoms with van der Waals surface area (Å²) in [5.74, 6) is 0.830. The molecule has 0 radical (unpaired) electrons. The molecule has 2 aromatic rings. The van der Waals surface area contributed by atoms with Crippen molar-refractivity contribution in [3.63, 3.8) is 0 Å². The fourth-order valence-electron chi connectivity index (χ4n) is 2.73. The zero-order chi connectivity index (χ0) is 18.8. The lowest BCUT2D eigenvalue weighted by Gasteiger charge is -2.24. The van der Waals surface area contributed by atoms with Crippen molar-refractivity contribution in [3.8, 4) is 0 Å². The Morgan fingerprint density at radius 3 is 2.65 bits per heavy atom. The number of guanidine groups is 1. The first-order valence-electron chi connectivity index (χ1n) is 9.33. The van der Waals surface area contributed by atoms with Gasteiger partial charge in [0.25, 0.3) is 0 Å². The van der Waals surface area contributed by atoms with E-state index < -0.39 is 0 Å². The van der Waals surface area contributed by atoms with Gasteiger partial charge in [0.15, 0.2) is 5.96 Å². The second-order valence-electron chi connectivity index (χ2n) is 6.56. The average Bonchev–Trinajstić information content (AvgIpc) is 3.17. The summed E-state index contributed by atoms with van der Waals surface area (Å²) in [6.07, 6.45) is 4.96. The number of aromatic nitrogens is 2. The summed E-state index contributed by atoms with van der Waals surface area (Å²) in [4.78, 5) is 6.69. The van der Waals surface area contributed by atoms with Crippen molar-refractivity contribution in [2.24, 2.45) is 4.99 Å². The summed E-state index contributed by atoms with van der Waals surface area (Å²) in [7, 11) is 3.97. The molecule has 2 N–H and O–H groups in total. The first-order valence-corrected chi connectivity index (χ1v) is 9.33. The minimum Gasteiger partial charge on any atom is -0.355 e. The number of aliphatic imine (C=N–C) groups is 1. The second-order valence-corrected chi connectivity index (χ2v) is 6.56. The van der Waals surface area contributed by atoms with Gasteiger partial charge in [-0.3, -0.25) is 9.67 Å². The standard InChI is InChI=1S/C20H32N6/c1-5-17(2)25(4)14-12-22-20(21-3)23-15-18-9-6-7-10-19(18)16-26-13-8-11-24-26/h6-11,13,17H,5,12,14-16H2,1-4H3,(H2,21,22,23). The Hall–Kier alpha value is -2.34. The highest BCUT2D eigenvalue weighted by molar-refractivity contribution is 5.79. The van der Waals surface area contributed by atoms with Gasteiger partial charge in [0.05, 0.1) is 6.54 Å². The zero-order valence-corrected chi connectivity index (χ0v) is 16.4. The van der Waals surface area contributed by atoms with Crippen LogP contribution in [0.25, 0.3) is 0 Å². The first kappa shape index (κ1) is 20.0. The van der Waals surface area contributed by atoms with Crippen molar-refractivity contribution >= 4 is 5.96 Å². The van der Waals surface area contributed by atoms with Gasteiger partial charge in [-0.05, 0) is 37.6 Å². The fourth-order valence-corrected chi connectivity index (χ4v) is 2.73. The zero-order valence-electron chi connectivity index (χ0n) is 16.4. The van der Waals surface area contributed by atoms with Crippen molar-refractivity contribution in [2.45, 2.75) is 39.4 Å². The lowest BCUT2D eigenvalue weighted by molar-refractivity contribution is 0.255. The number of hydrogen-bond acceptors (Lipinski definition) is 3. The van der Waals surface area contributed by atoms with E-state index in [0.717, 1.165) is 38.6 Å².